The van der Waals surface area contributed by atoms with Crippen LogP contribution in [0, 0.1) is 0 Å². The third-order valence-electron chi connectivity index (χ3n) is 6.32. The monoisotopic (exact) mass is 443 g/mol. The molecule has 2 unspecified atom stereocenters. The second kappa shape index (κ2) is 7.81. The van der Waals surface area contributed by atoms with Gasteiger partial charge in [0.15, 0.2) is 0 Å². The maximum Gasteiger partial charge on any atom is 0.416 e. The number of benzene rings is 2. The summed E-state index contributed by atoms with van der Waals surface area (Å²) in [6.45, 7) is 3.39. The molecule has 3 aromatic rings. The van der Waals surface area contributed by atoms with Gasteiger partial charge in [-0.25, -0.2) is 0 Å². The van der Waals surface area contributed by atoms with Crippen LogP contribution in [0.4, 0.5) is 30.2 Å². The van der Waals surface area contributed by atoms with Crippen molar-refractivity contribution in [1.29, 1.82) is 0 Å². The molecule has 3 atom stereocenters. The van der Waals surface area contributed by atoms with E-state index in [-0.39, 0.29) is 11.8 Å². The molecule has 3 aliphatic rings. The van der Waals surface area contributed by atoms with Crippen molar-refractivity contribution < 1.29 is 17.9 Å². The first kappa shape index (κ1) is 20.8. The number of nitrogens with two attached hydrogens (primary N) is 1. The minimum Gasteiger partial charge on any atom is -0.399 e. The minimum atomic E-state index is -4.46. The lowest BCUT2D eigenvalue weighted by molar-refractivity contribution is -0.137. The molecule has 0 amide bonds. The highest BCUT2D eigenvalue weighted by atomic mass is 19.4. The average Bonchev–Trinajstić information content (AvgIpc) is 2.79. The summed E-state index contributed by atoms with van der Waals surface area (Å²) in [5.74, 6) is 0. The number of piperidine rings is 1. The first-order valence-electron chi connectivity index (χ1n) is 10.7. The molecular weight excluding hydrogens is 419 g/mol. The maximum atomic E-state index is 13.2. The highest BCUT2D eigenvalue weighted by molar-refractivity contribution is 5.93. The predicted octanol–water partition coefficient (Wildman–Crippen LogP) is 4.77. The number of hydrogen-bond donors (Lipinski definition) is 2. The largest absolute Gasteiger partial charge is 0.416 e. The van der Waals surface area contributed by atoms with E-state index >= 15 is 0 Å². The summed E-state index contributed by atoms with van der Waals surface area (Å²) in [6.07, 6.45) is -0.400. The van der Waals surface area contributed by atoms with Crippen molar-refractivity contribution in [2.24, 2.45) is 0 Å². The third kappa shape index (κ3) is 3.92. The summed E-state index contributed by atoms with van der Waals surface area (Å²) in [6, 6.07) is 9.60. The van der Waals surface area contributed by atoms with Crippen molar-refractivity contribution >= 4 is 28.0 Å². The second-order valence-corrected chi connectivity index (χ2v) is 8.55. The van der Waals surface area contributed by atoms with Gasteiger partial charge < -0.3 is 20.7 Å². The van der Waals surface area contributed by atoms with Crippen molar-refractivity contribution in [3.63, 3.8) is 0 Å². The van der Waals surface area contributed by atoms with Gasteiger partial charge in [-0.2, -0.15) is 23.4 Å². The van der Waals surface area contributed by atoms with E-state index in [4.69, 9.17) is 10.5 Å². The number of hydrogen-bond acceptors (Lipinski definition) is 6. The lowest BCUT2D eigenvalue weighted by Gasteiger charge is -2.46. The highest BCUT2D eigenvalue weighted by Gasteiger charge is 2.35. The SMILES string of the molecule is C[C@@H](Nc1cnnc2ccc(N3CC4CCC3CO4)cc12)c1cc(N)cc(C(F)(F)F)c1. The van der Waals surface area contributed by atoms with Crippen LogP contribution < -0.4 is 16.0 Å². The van der Waals surface area contributed by atoms with Crippen LogP contribution in [0.5, 0.6) is 0 Å². The fraction of sp³-hybridized carbons (Fsp3) is 0.391. The molecule has 3 saturated heterocycles. The Kier molecular flexibility index (Phi) is 5.08. The first-order chi connectivity index (χ1) is 15.3. The highest BCUT2D eigenvalue weighted by Crippen LogP contribution is 2.36. The van der Waals surface area contributed by atoms with Gasteiger partial charge in [-0.15, -0.1) is 0 Å². The van der Waals surface area contributed by atoms with Gasteiger partial charge >= 0.3 is 6.18 Å². The van der Waals surface area contributed by atoms with E-state index in [1.807, 2.05) is 12.1 Å². The molecule has 6 nitrogen and oxygen atoms in total. The Morgan fingerprint density at radius 2 is 2.03 bits per heavy atom. The molecule has 2 bridgehead atoms. The van der Waals surface area contributed by atoms with E-state index in [0.29, 0.717) is 22.8 Å². The molecule has 6 rings (SSSR count). The number of anilines is 3. The topological polar surface area (TPSA) is 76.3 Å². The zero-order valence-corrected chi connectivity index (χ0v) is 17.6. The summed E-state index contributed by atoms with van der Waals surface area (Å²) < 4.78 is 45.5. The number of nitrogen functional groups attached to an aromatic ring is 1. The maximum absolute atomic E-state index is 13.2. The smallest absolute Gasteiger partial charge is 0.399 e. The van der Waals surface area contributed by atoms with Crippen LogP contribution >= 0.6 is 0 Å². The molecule has 0 aliphatic carbocycles. The molecule has 3 aliphatic heterocycles. The first-order valence-corrected chi connectivity index (χ1v) is 10.7. The molecule has 32 heavy (non-hydrogen) atoms. The average molecular weight is 443 g/mol. The van der Waals surface area contributed by atoms with E-state index in [1.54, 1.807) is 19.2 Å². The number of morpholine rings is 1. The molecule has 168 valence electrons. The number of rotatable bonds is 4. The van der Waals surface area contributed by atoms with E-state index in [1.165, 1.54) is 0 Å². The van der Waals surface area contributed by atoms with Crippen LogP contribution in [0.3, 0.4) is 0 Å². The van der Waals surface area contributed by atoms with Gasteiger partial charge in [0, 0.05) is 29.3 Å². The fourth-order valence-corrected chi connectivity index (χ4v) is 4.61. The Morgan fingerprint density at radius 1 is 1.19 bits per heavy atom. The summed E-state index contributed by atoms with van der Waals surface area (Å²) in [5.41, 5.74) is 8.01. The molecule has 4 heterocycles. The van der Waals surface area contributed by atoms with Crippen molar-refractivity contribution in [3.8, 4) is 0 Å². The van der Waals surface area contributed by atoms with Crippen LogP contribution in [-0.4, -0.2) is 35.5 Å². The van der Waals surface area contributed by atoms with Crippen LogP contribution in [-0.2, 0) is 10.9 Å². The van der Waals surface area contributed by atoms with Gasteiger partial charge in [-0.1, -0.05) is 0 Å². The molecule has 9 heteroatoms. The lowest BCUT2D eigenvalue weighted by Crippen LogP contribution is -2.54. The van der Waals surface area contributed by atoms with Crippen molar-refractivity contribution in [3.05, 3.63) is 53.7 Å². The Bertz CT molecular complexity index is 1140. The van der Waals surface area contributed by atoms with Gasteiger partial charge in [0.25, 0.3) is 0 Å². The molecule has 2 aromatic carbocycles. The van der Waals surface area contributed by atoms with Gasteiger partial charge in [-0.05, 0) is 61.7 Å². The van der Waals surface area contributed by atoms with E-state index in [2.05, 4.69) is 26.5 Å². The Balaban J connectivity index is 1.46. The molecule has 0 saturated carbocycles. The van der Waals surface area contributed by atoms with Crippen LogP contribution in [0.15, 0.2) is 42.6 Å². The number of aromatic nitrogens is 2. The number of alkyl halides is 3. The Labute approximate surface area is 183 Å². The van der Waals surface area contributed by atoms with Gasteiger partial charge in [-0.3, -0.25) is 0 Å². The number of nitrogens with zero attached hydrogens (tertiary/aromatic N) is 3. The standard InChI is InChI=1S/C23H24F3N5O/c1-13(14-6-15(23(24,25)26)8-16(27)7-14)29-22-10-28-30-21-5-3-17(9-20(21)22)31-11-19-4-2-18(31)12-32-19/h3,5-10,13,18-19H,2,4,11-12,27H2,1H3,(H,29,30)/t13-,18?,19?/m1/s1. The minimum absolute atomic E-state index is 0.0749. The van der Waals surface area contributed by atoms with Crippen LogP contribution in [0.2, 0.25) is 0 Å². The second-order valence-electron chi connectivity index (χ2n) is 8.55. The summed E-state index contributed by atoms with van der Waals surface area (Å²) in [7, 11) is 0. The summed E-state index contributed by atoms with van der Waals surface area (Å²) in [4.78, 5) is 2.37. The van der Waals surface area contributed by atoms with E-state index in [0.717, 1.165) is 49.2 Å². The fourth-order valence-electron chi connectivity index (χ4n) is 4.61. The summed E-state index contributed by atoms with van der Waals surface area (Å²) >= 11 is 0. The van der Waals surface area contributed by atoms with Crippen LogP contribution in [0.1, 0.15) is 36.9 Å². The van der Waals surface area contributed by atoms with E-state index in [9.17, 15) is 13.2 Å². The molecule has 1 aromatic heterocycles. The number of ether oxygens (including phenoxy) is 1. The molecule has 0 spiro atoms. The zero-order valence-electron chi connectivity index (χ0n) is 17.6. The van der Waals surface area contributed by atoms with Crippen molar-refractivity contribution in [2.45, 2.75) is 44.1 Å². The van der Waals surface area contributed by atoms with Gasteiger partial charge in [0.1, 0.15) is 0 Å². The number of fused-ring (bicyclic) bond motifs is 4. The van der Waals surface area contributed by atoms with Crippen LogP contribution in [0.25, 0.3) is 10.9 Å². The molecule has 3 N–H and O–H groups in total. The summed E-state index contributed by atoms with van der Waals surface area (Å²) in [5, 5.41) is 12.4. The zero-order chi connectivity index (χ0) is 22.5. The van der Waals surface area contributed by atoms with Crippen molar-refractivity contribution in [1.82, 2.24) is 10.2 Å². The van der Waals surface area contributed by atoms with Gasteiger partial charge in [0.2, 0.25) is 0 Å². The van der Waals surface area contributed by atoms with E-state index < -0.39 is 17.8 Å². The number of halogens is 3. The van der Waals surface area contributed by atoms with Crippen molar-refractivity contribution in [2.75, 3.05) is 29.1 Å². The number of nitrogens with one attached hydrogen (secondary N) is 1. The third-order valence-corrected chi connectivity index (χ3v) is 6.32. The molecular formula is C23H24F3N5O. The Hall–Kier alpha value is -3.07. The molecule has 0 radical (unpaired) electrons. The Morgan fingerprint density at radius 3 is 2.72 bits per heavy atom. The lowest BCUT2D eigenvalue weighted by atomic mass is 9.96. The molecule has 3 fully saturated rings. The normalized spacial score (nSPS) is 21.7. The quantitative estimate of drug-likeness (QED) is 0.566. The van der Waals surface area contributed by atoms with Gasteiger partial charge in [0.05, 0.1) is 41.7 Å². The predicted molar refractivity (Wildman–Crippen MR) is 118 cm³/mol.